The van der Waals surface area contributed by atoms with E-state index in [2.05, 4.69) is 195 Å². The Kier molecular flexibility index (Phi) is 7.72. The summed E-state index contributed by atoms with van der Waals surface area (Å²) in [6.07, 6.45) is 15.4. The molecule has 4 aromatic heterocycles. The molecule has 0 radical (unpaired) electrons. The normalized spacial score (nSPS) is 17.2. The van der Waals surface area contributed by atoms with Crippen molar-refractivity contribution in [1.82, 2.24) is 0 Å². The number of hydrogen-bond donors (Lipinski definition) is 0. The number of fused-ring (bicyclic) bond motifs is 16. The average molecular weight is 861 g/mol. The summed E-state index contributed by atoms with van der Waals surface area (Å²) in [6.45, 7) is 14.2. The van der Waals surface area contributed by atoms with Gasteiger partial charge in [0.2, 0.25) is 0 Å². The van der Waals surface area contributed by atoms with Crippen LogP contribution in [0.5, 0.6) is 0 Å². The van der Waals surface area contributed by atoms with Crippen LogP contribution in [0.3, 0.4) is 0 Å². The lowest BCUT2D eigenvalue weighted by atomic mass is 9.39. The Hall–Kier alpha value is -4.92. The van der Waals surface area contributed by atoms with Crippen LogP contribution in [0.1, 0.15) is 70.4 Å². The van der Waals surface area contributed by atoms with Gasteiger partial charge in [-0.1, -0.05) is 96.2 Å². The smallest absolute Gasteiger partial charge is 0.277 e. The summed E-state index contributed by atoms with van der Waals surface area (Å²) in [6, 6.07) is 35.4. The lowest BCUT2D eigenvalue weighted by Crippen LogP contribution is -2.59. The summed E-state index contributed by atoms with van der Waals surface area (Å²) in [5, 5.41) is 7.01. The minimum absolute atomic E-state index is 0.0697. The Morgan fingerprint density at radius 2 is 1.31 bits per heavy atom. The third-order valence-electron chi connectivity index (χ3n) is 13.9. The number of hydrogen-bond acceptors (Lipinski definition) is 6. The van der Waals surface area contributed by atoms with Gasteiger partial charge in [-0.15, -0.1) is 45.3 Å². The minimum Gasteiger partial charge on any atom is -0.310 e. The molecule has 5 aromatic carbocycles. The molecule has 9 aromatic rings. The number of aryl methyl sites for hydroxylation is 1. The van der Waals surface area contributed by atoms with Gasteiger partial charge in [-0.2, -0.15) is 0 Å². The predicted molar refractivity (Wildman–Crippen MR) is 274 cm³/mol. The molecule has 7 heteroatoms. The van der Waals surface area contributed by atoms with Crippen LogP contribution in [0.15, 0.2) is 121 Å². The number of thiophene rings is 4. The fraction of sp³-hybridized carbons (Fsp3) is 0.222. The van der Waals surface area contributed by atoms with Gasteiger partial charge in [0.15, 0.2) is 0 Å². The minimum atomic E-state index is 0.0697. The van der Waals surface area contributed by atoms with Crippen LogP contribution in [-0.4, -0.2) is 6.71 Å². The van der Waals surface area contributed by atoms with Crippen molar-refractivity contribution in [3.63, 3.8) is 0 Å². The van der Waals surface area contributed by atoms with Gasteiger partial charge in [-0.25, -0.2) is 0 Å². The molecule has 0 spiro atoms. The molecule has 6 heterocycles. The molecule has 2 aliphatic heterocycles. The van der Waals surface area contributed by atoms with E-state index in [0.717, 1.165) is 19.3 Å². The largest absolute Gasteiger partial charge is 0.310 e. The second-order valence-corrected chi connectivity index (χ2v) is 23.8. The maximum absolute atomic E-state index is 2.66. The maximum atomic E-state index is 2.66. The van der Waals surface area contributed by atoms with Gasteiger partial charge in [-0.3, -0.25) is 0 Å². The van der Waals surface area contributed by atoms with Crippen LogP contribution in [0.25, 0.3) is 56.5 Å². The molecular formula is C54H45BN2S4. The van der Waals surface area contributed by atoms with Crippen LogP contribution in [0.4, 0.5) is 28.4 Å². The Balaban J connectivity index is 1.14. The number of benzene rings is 5. The number of anilines is 5. The van der Waals surface area contributed by atoms with E-state index in [1.165, 1.54) is 110 Å². The molecule has 13 rings (SSSR count). The van der Waals surface area contributed by atoms with Crippen molar-refractivity contribution >= 4 is 152 Å². The highest BCUT2D eigenvalue weighted by atomic mass is 32.1. The van der Waals surface area contributed by atoms with Crippen LogP contribution in [0.2, 0.25) is 0 Å². The van der Waals surface area contributed by atoms with E-state index >= 15 is 0 Å². The molecule has 4 aliphatic rings. The molecule has 1 atom stereocenters. The monoisotopic (exact) mass is 860 g/mol. The fourth-order valence-electron chi connectivity index (χ4n) is 10.8. The van der Waals surface area contributed by atoms with Crippen LogP contribution in [-0.2, 0) is 11.8 Å². The summed E-state index contributed by atoms with van der Waals surface area (Å²) in [5.41, 5.74) is 12.4. The van der Waals surface area contributed by atoms with Gasteiger partial charge in [0.25, 0.3) is 6.71 Å². The van der Waals surface area contributed by atoms with Crippen LogP contribution < -0.4 is 24.8 Å². The van der Waals surface area contributed by atoms with Crippen LogP contribution >= 0.6 is 45.3 Å². The Labute approximate surface area is 373 Å². The number of rotatable bonds is 2. The van der Waals surface area contributed by atoms with E-state index < -0.39 is 0 Å². The fourth-order valence-corrected chi connectivity index (χ4v) is 16.2. The maximum Gasteiger partial charge on any atom is 0.277 e. The topological polar surface area (TPSA) is 6.48 Å². The molecule has 0 N–H and O–H groups in total. The zero-order valence-electron chi connectivity index (χ0n) is 35.4. The van der Waals surface area contributed by atoms with Crippen molar-refractivity contribution in [2.45, 2.75) is 66.2 Å². The van der Waals surface area contributed by atoms with Crippen molar-refractivity contribution in [1.29, 1.82) is 0 Å². The van der Waals surface area contributed by atoms with Crippen molar-refractivity contribution in [2.75, 3.05) is 9.80 Å². The second-order valence-electron chi connectivity index (χ2n) is 19.6. The molecule has 61 heavy (non-hydrogen) atoms. The van der Waals surface area contributed by atoms with E-state index in [9.17, 15) is 0 Å². The molecular weight excluding hydrogens is 816 g/mol. The Bertz CT molecular complexity index is 3440. The van der Waals surface area contributed by atoms with Crippen molar-refractivity contribution in [3.8, 4) is 0 Å². The van der Waals surface area contributed by atoms with Crippen molar-refractivity contribution < 1.29 is 0 Å². The first-order chi connectivity index (χ1) is 29.5. The van der Waals surface area contributed by atoms with Crippen molar-refractivity contribution in [2.24, 2.45) is 11.3 Å². The second kappa shape index (κ2) is 12.8. The molecule has 0 amide bonds. The predicted octanol–water partition coefficient (Wildman–Crippen LogP) is 15.2. The first kappa shape index (κ1) is 36.7. The van der Waals surface area contributed by atoms with E-state index in [-0.39, 0.29) is 17.5 Å². The highest BCUT2D eigenvalue weighted by Gasteiger charge is 2.47. The molecule has 0 saturated heterocycles. The Morgan fingerprint density at radius 3 is 2.02 bits per heavy atom. The third kappa shape index (κ3) is 5.18. The molecule has 2 nitrogen and oxygen atoms in total. The summed E-state index contributed by atoms with van der Waals surface area (Å²) in [7, 11) is 0. The molecule has 0 fully saturated rings. The molecule has 0 bridgehead atoms. The lowest BCUT2D eigenvalue weighted by molar-refractivity contribution is 0.293. The van der Waals surface area contributed by atoms with Gasteiger partial charge in [0, 0.05) is 87.6 Å². The summed E-state index contributed by atoms with van der Waals surface area (Å²) in [5.74, 6) is 0.497. The SMILES string of the molecule is CC(C)(C)c1ccc(N2c3cccc4c3B(c3sc5c(ccc6sc7c(c65)CCC=C7)c32)c2sc3c(ccc5sc6ccccc6c53)c2N4C2=CCC(C(C)(C)C)C=C2)cc1. The van der Waals surface area contributed by atoms with Crippen molar-refractivity contribution in [3.05, 3.63) is 137 Å². The summed E-state index contributed by atoms with van der Waals surface area (Å²) >= 11 is 8.03. The van der Waals surface area contributed by atoms with Gasteiger partial charge in [0.1, 0.15) is 0 Å². The van der Waals surface area contributed by atoms with E-state index in [1.807, 2.05) is 22.7 Å². The van der Waals surface area contributed by atoms with Crippen LogP contribution in [0, 0.1) is 11.3 Å². The first-order valence-electron chi connectivity index (χ1n) is 21.8. The summed E-state index contributed by atoms with van der Waals surface area (Å²) in [4.78, 5) is 6.75. The molecule has 298 valence electrons. The van der Waals surface area contributed by atoms with Gasteiger partial charge in [-0.05, 0) is 119 Å². The van der Waals surface area contributed by atoms with Gasteiger partial charge < -0.3 is 9.80 Å². The lowest BCUT2D eigenvalue weighted by Gasteiger charge is -2.43. The Morgan fingerprint density at radius 1 is 0.623 bits per heavy atom. The highest BCUT2D eigenvalue weighted by Crippen LogP contribution is 2.53. The molecule has 0 saturated carbocycles. The van der Waals surface area contributed by atoms with Gasteiger partial charge >= 0.3 is 0 Å². The van der Waals surface area contributed by atoms with E-state index in [0.29, 0.717) is 5.92 Å². The highest BCUT2D eigenvalue weighted by molar-refractivity contribution is 7.41. The molecule has 2 aliphatic carbocycles. The first-order valence-corrected chi connectivity index (χ1v) is 25.1. The number of nitrogens with zero attached hydrogens (tertiary/aromatic N) is 2. The quantitative estimate of drug-likeness (QED) is 0.160. The zero-order chi connectivity index (χ0) is 41.1. The third-order valence-corrected chi connectivity index (χ3v) is 18.8. The van der Waals surface area contributed by atoms with E-state index in [4.69, 9.17) is 0 Å². The zero-order valence-corrected chi connectivity index (χ0v) is 38.6. The van der Waals surface area contributed by atoms with E-state index in [1.54, 1.807) is 5.56 Å². The number of allylic oxidation sites excluding steroid dienone is 4. The van der Waals surface area contributed by atoms with Gasteiger partial charge in [0.05, 0.1) is 11.4 Å². The average Bonchev–Trinajstić information content (AvgIpc) is 4.03. The summed E-state index contributed by atoms with van der Waals surface area (Å²) < 4.78 is 9.94. The molecule has 1 unspecified atom stereocenters. The standard InChI is InChI=1S/C54H45BN2S4/c1-53(2,3)30-18-22-32(23-19-30)56-38-14-11-15-39-46(38)55(51-47(56)36-26-28-42-44(49(36)60-51)34-12-7-9-16-40(34)58-42)52-48(57(39)33-24-20-31(21-25-33)54(4,5)6)37-27-29-43-45(50(37)61-52)35-13-8-10-17-41(35)59-43/h7,9-12,14-18,20-30H,8,13,19H2,1-6H3.